The monoisotopic (exact) mass is 303 g/mol. The van der Waals surface area contributed by atoms with E-state index in [1.807, 2.05) is 37.3 Å². The fourth-order valence-corrected chi connectivity index (χ4v) is 2.28. The number of carbonyl (C=O) groups excluding carboxylic acids is 1. The van der Waals surface area contributed by atoms with E-state index in [-0.39, 0.29) is 11.1 Å². The van der Waals surface area contributed by atoms with Crippen LogP contribution < -0.4 is 5.73 Å². The van der Waals surface area contributed by atoms with Crippen molar-refractivity contribution in [2.24, 2.45) is 0 Å². The van der Waals surface area contributed by atoms with Crippen LogP contribution in [-0.4, -0.2) is 28.9 Å². The Kier molecular flexibility index (Phi) is 5.17. The minimum atomic E-state index is -0.141. The number of pyridine rings is 1. The fraction of sp³-hybridized carbons (Fsp3) is 0.250. The van der Waals surface area contributed by atoms with Crippen LogP contribution in [0.3, 0.4) is 0 Å². The van der Waals surface area contributed by atoms with Crippen LogP contribution in [0.15, 0.2) is 42.6 Å². The lowest BCUT2D eigenvalue weighted by molar-refractivity contribution is 0.0766. The first-order valence-corrected chi connectivity index (χ1v) is 7.23. The number of anilines is 1. The number of nitrogens with zero attached hydrogens (tertiary/aromatic N) is 2. The summed E-state index contributed by atoms with van der Waals surface area (Å²) in [5, 5.41) is 0.187. The highest BCUT2D eigenvalue weighted by molar-refractivity contribution is 6.32. The quantitative estimate of drug-likeness (QED) is 0.864. The van der Waals surface area contributed by atoms with Gasteiger partial charge in [-0.05, 0) is 25.0 Å². The molecule has 1 aromatic carbocycles. The van der Waals surface area contributed by atoms with Gasteiger partial charge in [0, 0.05) is 13.1 Å². The van der Waals surface area contributed by atoms with E-state index in [0.29, 0.717) is 24.3 Å². The zero-order valence-corrected chi connectivity index (χ0v) is 12.7. The van der Waals surface area contributed by atoms with Gasteiger partial charge in [-0.1, -0.05) is 41.9 Å². The van der Waals surface area contributed by atoms with Crippen LogP contribution in [0.5, 0.6) is 0 Å². The summed E-state index contributed by atoms with van der Waals surface area (Å²) in [7, 11) is 0. The highest BCUT2D eigenvalue weighted by Gasteiger charge is 2.18. The van der Waals surface area contributed by atoms with Crippen molar-refractivity contribution in [3.8, 4) is 0 Å². The summed E-state index contributed by atoms with van der Waals surface area (Å²) in [4.78, 5) is 18.2. The number of aromatic nitrogens is 1. The van der Waals surface area contributed by atoms with E-state index < -0.39 is 0 Å². The third-order valence-electron chi connectivity index (χ3n) is 3.27. The molecule has 0 aliphatic heterocycles. The number of nitrogens with two attached hydrogens (primary N) is 1. The molecule has 1 amide bonds. The van der Waals surface area contributed by atoms with Crippen molar-refractivity contribution in [1.82, 2.24) is 9.88 Å². The topological polar surface area (TPSA) is 59.2 Å². The predicted molar refractivity (Wildman–Crippen MR) is 85.4 cm³/mol. The number of carbonyl (C=O) groups is 1. The van der Waals surface area contributed by atoms with Crippen LogP contribution >= 0.6 is 11.6 Å². The molecule has 0 saturated heterocycles. The van der Waals surface area contributed by atoms with Gasteiger partial charge in [-0.15, -0.1) is 0 Å². The number of benzene rings is 1. The van der Waals surface area contributed by atoms with Gasteiger partial charge >= 0.3 is 0 Å². The first kappa shape index (κ1) is 15.3. The second-order valence-corrected chi connectivity index (χ2v) is 5.09. The Bertz CT molecular complexity index is 616. The van der Waals surface area contributed by atoms with Crippen molar-refractivity contribution in [3.63, 3.8) is 0 Å². The number of rotatable bonds is 5. The van der Waals surface area contributed by atoms with Crippen LogP contribution in [0.4, 0.5) is 5.69 Å². The average molecular weight is 304 g/mol. The van der Waals surface area contributed by atoms with Gasteiger partial charge in [0.25, 0.3) is 5.91 Å². The third kappa shape index (κ3) is 3.95. The normalized spacial score (nSPS) is 10.4. The van der Waals surface area contributed by atoms with E-state index in [4.69, 9.17) is 17.3 Å². The molecule has 21 heavy (non-hydrogen) atoms. The summed E-state index contributed by atoms with van der Waals surface area (Å²) in [6.07, 6.45) is 2.24. The average Bonchev–Trinajstić information content (AvgIpc) is 2.51. The Morgan fingerprint density at radius 2 is 2.05 bits per heavy atom. The van der Waals surface area contributed by atoms with Crippen molar-refractivity contribution >= 4 is 23.2 Å². The maximum Gasteiger partial charge on any atom is 0.257 e. The van der Waals surface area contributed by atoms with Crippen molar-refractivity contribution in [3.05, 3.63) is 58.9 Å². The maximum atomic E-state index is 12.5. The molecule has 2 aromatic rings. The Labute approximate surface area is 129 Å². The zero-order chi connectivity index (χ0) is 15.2. The number of likely N-dealkylation sites (N-methyl/N-ethyl adjacent to an activating group) is 1. The second-order valence-electron chi connectivity index (χ2n) is 4.73. The highest BCUT2D eigenvalue weighted by Crippen LogP contribution is 2.18. The summed E-state index contributed by atoms with van der Waals surface area (Å²) < 4.78 is 0. The molecule has 0 spiro atoms. The summed E-state index contributed by atoms with van der Waals surface area (Å²) in [5.74, 6) is -0.141. The summed E-state index contributed by atoms with van der Waals surface area (Å²) >= 11 is 6.00. The van der Waals surface area contributed by atoms with Crippen LogP contribution in [-0.2, 0) is 6.42 Å². The molecule has 1 aromatic heterocycles. The summed E-state index contributed by atoms with van der Waals surface area (Å²) in [5.41, 5.74) is 7.66. The molecule has 0 radical (unpaired) electrons. The Morgan fingerprint density at radius 3 is 2.71 bits per heavy atom. The predicted octanol–water partition coefficient (Wildman–Crippen LogP) is 3.02. The maximum absolute atomic E-state index is 12.5. The molecule has 2 rings (SSSR count). The SMILES string of the molecule is CCN(CCc1ccccc1)C(=O)c1cc(N)cnc1Cl. The zero-order valence-electron chi connectivity index (χ0n) is 11.9. The van der Waals surface area contributed by atoms with E-state index in [0.717, 1.165) is 6.42 Å². The van der Waals surface area contributed by atoms with Gasteiger partial charge in [0.1, 0.15) is 5.15 Å². The van der Waals surface area contributed by atoms with Crippen LogP contribution in [0.25, 0.3) is 0 Å². The van der Waals surface area contributed by atoms with Crippen molar-refractivity contribution in [2.75, 3.05) is 18.8 Å². The molecule has 0 bridgehead atoms. The van der Waals surface area contributed by atoms with Gasteiger partial charge in [-0.25, -0.2) is 4.98 Å². The highest BCUT2D eigenvalue weighted by atomic mass is 35.5. The van der Waals surface area contributed by atoms with Crippen LogP contribution in [0.2, 0.25) is 5.15 Å². The summed E-state index contributed by atoms with van der Waals surface area (Å²) in [6, 6.07) is 11.6. The van der Waals surface area contributed by atoms with Gasteiger partial charge in [0.15, 0.2) is 0 Å². The minimum absolute atomic E-state index is 0.141. The molecule has 0 atom stereocenters. The van der Waals surface area contributed by atoms with Crippen molar-refractivity contribution in [2.45, 2.75) is 13.3 Å². The molecule has 0 unspecified atom stereocenters. The van der Waals surface area contributed by atoms with Gasteiger partial charge in [0.2, 0.25) is 0 Å². The molecular formula is C16H18ClN3O. The third-order valence-corrected chi connectivity index (χ3v) is 3.57. The smallest absolute Gasteiger partial charge is 0.257 e. The molecule has 0 aliphatic rings. The van der Waals surface area contributed by atoms with E-state index in [9.17, 15) is 4.79 Å². The lowest BCUT2D eigenvalue weighted by Crippen LogP contribution is -2.33. The van der Waals surface area contributed by atoms with E-state index in [2.05, 4.69) is 4.98 Å². The van der Waals surface area contributed by atoms with E-state index in [1.54, 1.807) is 11.0 Å². The summed E-state index contributed by atoms with van der Waals surface area (Å²) in [6.45, 7) is 3.18. The van der Waals surface area contributed by atoms with Gasteiger partial charge in [0.05, 0.1) is 17.4 Å². The van der Waals surface area contributed by atoms with Gasteiger partial charge in [-0.2, -0.15) is 0 Å². The first-order chi connectivity index (χ1) is 10.1. The Balaban J connectivity index is 2.10. The van der Waals surface area contributed by atoms with E-state index >= 15 is 0 Å². The Morgan fingerprint density at radius 1 is 1.33 bits per heavy atom. The molecule has 1 heterocycles. The molecule has 5 heteroatoms. The number of nitrogen functional groups attached to an aromatic ring is 1. The largest absolute Gasteiger partial charge is 0.397 e. The lowest BCUT2D eigenvalue weighted by atomic mass is 10.1. The lowest BCUT2D eigenvalue weighted by Gasteiger charge is -2.21. The first-order valence-electron chi connectivity index (χ1n) is 6.86. The van der Waals surface area contributed by atoms with Crippen LogP contribution in [0, 0.1) is 0 Å². The number of halogens is 1. The molecule has 2 N–H and O–H groups in total. The molecule has 0 saturated carbocycles. The Hall–Kier alpha value is -2.07. The standard InChI is InChI=1S/C16H18ClN3O/c1-2-20(9-8-12-6-4-3-5-7-12)16(21)14-10-13(18)11-19-15(14)17/h3-7,10-11H,2,8-9,18H2,1H3. The minimum Gasteiger partial charge on any atom is -0.397 e. The second kappa shape index (κ2) is 7.09. The van der Waals surface area contributed by atoms with Crippen molar-refractivity contribution in [1.29, 1.82) is 0 Å². The molecule has 4 nitrogen and oxygen atoms in total. The molecule has 0 aliphatic carbocycles. The number of amides is 1. The molecule has 110 valence electrons. The molecule has 0 fully saturated rings. The number of hydrogen-bond donors (Lipinski definition) is 1. The number of hydrogen-bond acceptors (Lipinski definition) is 3. The van der Waals surface area contributed by atoms with Crippen molar-refractivity contribution < 1.29 is 4.79 Å². The molecular weight excluding hydrogens is 286 g/mol. The van der Waals surface area contributed by atoms with Gasteiger partial charge in [-0.3, -0.25) is 4.79 Å². The fourth-order valence-electron chi connectivity index (χ4n) is 2.10. The van der Waals surface area contributed by atoms with E-state index in [1.165, 1.54) is 11.8 Å². The van der Waals surface area contributed by atoms with Crippen LogP contribution in [0.1, 0.15) is 22.8 Å². The van der Waals surface area contributed by atoms with Gasteiger partial charge < -0.3 is 10.6 Å².